The number of aryl methyl sites for hydroxylation is 1. The number of hydrogen-bond donors (Lipinski definition) is 2. The minimum atomic E-state index is -0.285. The van der Waals surface area contributed by atoms with Gasteiger partial charge < -0.3 is 14.8 Å². The third kappa shape index (κ3) is 3.10. The third-order valence-electron chi connectivity index (χ3n) is 2.86. The second kappa shape index (κ2) is 6.23. The van der Waals surface area contributed by atoms with Crippen LogP contribution in [-0.4, -0.2) is 21.5 Å². The van der Waals surface area contributed by atoms with Crippen LogP contribution in [0, 0.1) is 6.92 Å². The molecule has 2 aromatic heterocycles. The third-order valence-corrected chi connectivity index (χ3v) is 3.62. The highest BCUT2D eigenvalue weighted by atomic mass is 79.9. The molecule has 2 heterocycles. The van der Waals surface area contributed by atoms with Crippen molar-refractivity contribution in [1.29, 1.82) is 0 Å². The molecular weight excluding hydrogens is 326 g/mol. The Labute approximate surface area is 124 Å². The Morgan fingerprint density at radius 2 is 2.30 bits per heavy atom. The molecule has 7 heteroatoms. The van der Waals surface area contributed by atoms with Crippen molar-refractivity contribution in [3.05, 3.63) is 44.7 Å². The molecule has 0 saturated carbocycles. The first-order valence-electron chi connectivity index (χ1n) is 6.22. The van der Waals surface area contributed by atoms with E-state index >= 15 is 0 Å². The van der Waals surface area contributed by atoms with Gasteiger partial charge in [0.25, 0.3) is 5.56 Å². The fourth-order valence-electron chi connectivity index (χ4n) is 1.81. The number of halogens is 1. The zero-order chi connectivity index (χ0) is 14.7. The number of aromatic nitrogens is 2. The number of rotatable bonds is 5. The molecule has 0 aliphatic heterocycles. The molecule has 0 saturated heterocycles. The van der Waals surface area contributed by atoms with E-state index in [1.807, 2.05) is 26.0 Å². The van der Waals surface area contributed by atoms with Gasteiger partial charge >= 0.3 is 0 Å². The fraction of sp³-hybridized carbons (Fsp3) is 0.385. The maximum Gasteiger partial charge on any atom is 0.283 e. The second-order valence-corrected chi connectivity index (χ2v) is 5.23. The molecule has 1 unspecified atom stereocenters. The molecule has 2 rings (SSSR count). The van der Waals surface area contributed by atoms with E-state index in [1.165, 1.54) is 4.68 Å². The van der Waals surface area contributed by atoms with Crippen molar-refractivity contribution in [3.8, 4) is 0 Å². The first kappa shape index (κ1) is 14.8. The van der Waals surface area contributed by atoms with Gasteiger partial charge in [-0.2, -0.15) is 5.10 Å². The van der Waals surface area contributed by atoms with E-state index < -0.39 is 0 Å². The molecule has 6 nitrogen and oxygen atoms in total. The molecule has 0 fully saturated rings. The molecule has 0 spiro atoms. The van der Waals surface area contributed by atoms with Crippen molar-refractivity contribution >= 4 is 21.6 Å². The second-order valence-electron chi connectivity index (χ2n) is 4.44. The molecule has 0 radical (unpaired) electrons. The highest BCUT2D eigenvalue weighted by Gasteiger charge is 2.14. The van der Waals surface area contributed by atoms with Crippen molar-refractivity contribution in [1.82, 2.24) is 9.78 Å². The summed E-state index contributed by atoms with van der Waals surface area (Å²) in [7, 11) is 0. The number of aliphatic hydroxyl groups is 1. The van der Waals surface area contributed by atoms with E-state index in [0.717, 1.165) is 11.5 Å². The molecule has 2 N–H and O–H groups in total. The summed E-state index contributed by atoms with van der Waals surface area (Å²) in [5.41, 5.74) is 0.303. The maximum atomic E-state index is 12.0. The Kier molecular flexibility index (Phi) is 4.61. The van der Waals surface area contributed by atoms with Gasteiger partial charge in [0, 0.05) is 0 Å². The van der Waals surface area contributed by atoms with Gasteiger partial charge in [0.2, 0.25) is 0 Å². The summed E-state index contributed by atoms with van der Waals surface area (Å²) in [5.74, 6) is 1.62. The Morgan fingerprint density at radius 3 is 2.90 bits per heavy atom. The van der Waals surface area contributed by atoms with Crippen LogP contribution in [-0.2, 0) is 6.54 Å². The minimum Gasteiger partial charge on any atom is -0.464 e. The average Bonchev–Trinajstić information content (AvgIpc) is 2.85. The topological polar surface area (TPSA) is 80.3 Å². The van der Waals surface area contributed by atoms with Crippen LogP contribution < -0.4 is 10.9 Å². The molecule has 0 aromatic carbocycles. The van der Waals surface area contributed by atoms with Gasteiger partial charge in [0.15, 0.2) is 0 Å². The molecular formula is C13H16BrN3O3. The summed E-state index contributed by atoms with van der Waals surface area (Å²) in [6.07, 6.45) is 1.55. The van der Waals surface area contributed by atoms with Crippen molar-refractivity contribution in [2.45, 2.75) is 26.4 Å². The predicted molar refractivity (Wildman–Crippen MR) is 78.8 cm³/mol. The number of aliphatic hydroxyl groups excluding tert-OH is 1. The van der Waals surface area contributed by atoms with Crippen LogP contribution in [0.5, 0.6) is 0 Å². The Hall–Kier alpha value is -1.60. The van der Waals surface area contributed by atoms with Gasteiger partial charge in [0.05, 0.1) is 31.1 Å². The van der Waals surface area contributed by atoms with Gasteiger partial charge in [-0.3, -0.25) is 4.79 Å². The molecule has 2 aromatic rings. The van der Waals surface area contributed by atoms with Crippen molar-refractivity contribution < 1.29 is 9.52 Å². The van der Waals surface area contributed by atoms with Crippen molar-refractivity contribution in [2.24, 2.45) is 0 Å². The Bertz CT molecular complexity index is 651. The van der Waals surface area contributed by atoms with Crippen LogP contribution in [0.15, 0.2) is 32.0 Å². The molecule has 108 valence electrons. The van der Waals surface area contributed by atoms with Gasteiger partial charge in [-0.15, -0.1) is 0 Å². The van der Waals surface area contributed by atoms with Crippen LogP contribution in [0.4, 0.5) is 5.69 Å². The molecule has 1 atom stereocenters. The molecule has 0 amide bonds. The van der Waals surface area contributed by atoms with Gasteiger partial charge in [0.1, 0.15) is 16.0 Å². The lowest BCUT2D eigenvalue weighted by Crippen LogP contribution is -2.26. The summed E-state index contributed by atoms with van der Waals surface area (Å²) in [4.78, 5) is 12.0. The van der Waals surface area contributed by atoms with Gasteiger partial charge in [-0.1, -0.05) is 0 Å². The summed E-state index contributed by atoms with van der Waals surface area (Å²) < 4.78 is 7.13. The zero-order valence-electron chi connectivity index (χ0n) is 11.3. The standard InChI is InChI=1S/C13H16BrN3O3/c1-8-3-4-11(20-8)9(2)16-10-7-15-17(5-6-18)13(19)12(10)14/h3-4,7,9,16,18H,5-6H2,1-2H3. The lowest BCUT2D eigenvalue weighted by atomic mass is 10.2. The number of furan rings is 1. The van der Waals surface area contributed by atoms with E-state index in [1.54, 1.807) is 6.20 Å². The Balaban J connectivity index is 2.22. The van der Waals surface area contributed by atoms with Crippen LogP contribution in [0.2, 0.25) is 0 Å². The molecule has 20 heavy (non-hydrogen) atoms. The van der Waals surface area contributed by atoms with E-state index in [9.17, 15) is 4.79 Å². The van der Waals surface area contributed by atoms with E-state index in [4.69, 9.17) is 9.52 Å². The number of anilines is 1. The van der Waals surface area contributed by atoms with Crippen molar-refractivity contribution in [2.75, 3.05) is 11.9 Å². The summed E-state index contributed by atoms with van der Waals surface area (Å²) >= 11 is 3.26. The minimum absolute atomic E-state index is 0.0881. The first-order chi connectivity index (χ1) is 9.52. The van der Waals surface area contributed by atoms with Crippen LogP contribution >= 0.6 is 15.9 Å². The molecule has 0 aliphatic carbocycles. The number of nitrogens with zero attached hydrogens (tertiary/aromatic N) is 2. The van der Waals surface area contributed by atoms with Crippen molar-refractivity contribution in [3.63, 3.8) is 0 Å². The van der Waals surface area contributed by atoms with Crippen LogP contribution in [0.25, 0.3) is 0 Å². The molecule has 0 aliphatic rings. The smallest absolute Gasteiger partial charge is 0.283 e. The first-order valence-corrected chi connectivity index (χ1v) is 7.01. The lowest BCUT2D eigenvalue weighted by Gasteiger charge is -2.14. The predicted octanol–water partition coefficient (Wildman–Crippen LogP) is 2.07. The highest BCUT2D eigenvalue weighted by Crippen LogP contribution is 2.24. The fourth-order valence-corrected chi connectivity index (χ4v) is 2.23. The number of nitrogens with one attached hydrogen (secondary N) is 1. The molecule has 0 bridgehead atoms. The van der Waals surface area contributed by atoms with E-state index in [2.05, 4.69) is 26.3 Å². The number of hydrogen-bond acceptors (Lipinski definition) is 5. The summed E-state index contributed by atoms with van der Waals surface area (Å²) in [6.45, 7) is 3.85. The largest absolute Gasteiger partial charge is 0.464 e. The van der Waals surface area contributed by atoms with Gasteiger partial charge in [-0.05, 0) is 41.9 Å². The zero-order valence-corrected chi connectivity index (χ0v) is 12.8. The maximum absolute atomic E-state index is 12.0. The lowest BCUT2D eigenvalue weighted by molar-refractivity contribution is 0.266. The van der Waals surface area contributed by atoms with E-state index in [0.29, 0.717) is 10.2 Å². The quantitative estimate of drug-likeness (QED) is 0.870. The SMILES string of the molecule is Cc1ccc(C(C)Nc2cnn(CCO)c(=O)c2Br)o1. The van der Waals surface area contributed by atoms with Crippen LogP contribution in [0.3, 0.4) is 0 Å². The highest BCUT2D eigenvalue weighted by molar-refractivity contribution is 9.10. The Morgan fingerprint density at radius 1 is 1.55 bits per heavy atom. The van der Waals surface area contributed by atoms with Gasteiger partial charge in [-0.25, -0.2) is 4.68 Å². The monoisotopic (exact) mass is 341 g/mol. The van der Waals surface area contributed by atoms with Crippen LogP contribution in [0.1, 0.15) is 24.5 Å². The summed E-state index contributed by atoms with van der Waals surface area (Å²) in [5, 5.41) is 16.0. The summed E-state index contributed by atoms with van der Waals surface area (Å²) in [6, 6.07) is 3.69. The normalized spacial score (nSPS) is 12.4. The van der Waals surface area contributed by atoms with E-state index in [-0.39, 0.29) is 24.8 Å². The average molecular weight is 342 g/mol.